The molecule has 0 spiro atoms. The molecule has 2 aromatic heterocycles. The lowest BCUT2D eigenvalue weighted by Crippen LogP contribution is -2.35. The van der Waals surface area contributed by atoms with Crippen LogP contribution in [0.2, 0.25) is 0 Å². The second-order valence-electron chi connectivity index (χ2n) is 6.86. The van der Waals surface area contributed by atoms with Crippen molar-refractivity contribution in [3.63, 3.8) is 0 Å². The summed E-state index contributed by atoms with van der Waals surface area (Å²) in [5, 5.41) is 8.07. The summed E-state index contributed by atoms with van der Waals surface area (Å²) in [4.78, 5) is 4.68. The van der Waals surface area contributed by atoms with E-state index in [9.17, 15) is 0 Å². The van der Waals surface area contributed by atoms with Gasteiger partial charge in [0.05, 0.1) is 5.69 Å². The molecule has 0 atom stereocenters. The monoisotopic (exact) mass is 286 g/mol. The largest absolute Gasteiger partial charge is 0.308 e. The molecular formula is C17H26N4. The van der Waals surface area contributed by atoms with Gasteiger partial charge in [0.1, 0.15) is 0 Å². The fourth-order valence-corrected chi connectivity index (χ4v) is 2.03. The summed E-state index contributed by atoms with van der Waals surface area (Å²) in [7, 11) is 0. The topological polar surface area (TPSA) is 42.7 Å². The van der Waals surface area contributed by atoms with Crippen LogP contribution >= 0.6 is 0 Å². The number of nitrogens with one attached hydrogen (secondary N) is 1. The maximum atomic E-state index is 4.68. The molecule has 4 nitrogen and oxygen atoms in total. The number of hydrogen-bond acceptors (Lipinski definition) is 3. The third kappa shape index (κ3) is 4.14. The Morgan fingerprint density at radius 2 is 1.90 bits per heavy atom. The molecule has 1 N–H and O–H groups in total. The normalized spacial score (nSPS) is 12.1. The van der Waals surface area contributed by atoms with Gasteiger partial charge in [-0.3, -0.25) is 0 Å². The van der Waals surface area contributed by atoms with Crippen LogP contribution in [0.15, 0.2) is 24.4 Å². The first-order valence-electron chi connectivity index (χ1n) is 7.54. The molecule has 2 rings (SSSR count). The first-order valence-corrected chi connectivity index (χ1v) is 7.54. The lowest BCUT2D eigenvalue weighted by atomic mass is 10.1. The zero-order chi connectivity index (χ0) is 15.6. The zero-order valence-corrected chi connectivity index (χ0v) is 13.9. The van der Waals surface area contributed by atoms with E-state index in [4.69, 9.17) is 0 Å². The summed E-state index contributed by atoms with van der Waals surface area (Å²) >= 11 is 0. The fraction of sp³-hybridized carbons (Fsp3) is 0.529. The number of nitrogens with zero attached hydrogens (tertiary/aromatic N) is 3. The smallest absolute Gasteiger partial charge is 0.153 e. The maximum absolute atomic E-state index is 4.68. The predicted molar refractivity (Wildman–Crippen MR) is 86.8 cm³/mol. The van der Waals surface area contributed by atoms with Gasteiger partial charge in [0.25, 0.3) is 0 Å². The van der Waals surface area contributed by atoms with Crippen molar-refractivity contribution in [1.82, 2.24) is 20.1 Å². The Balaban J connectivity index is 2.18. The molecule has 0 aliphatic carbocycles. The SMILES string of the molecule is Cc1nc(-n2ccc(C(C)C)n2)ccc1CNC(C)(C)C. The van der Waals surface area contributed by atoms with Crippen molar-refractivity contribution in [1.29, 1.82) is 0 Å². The van der Waals surface area contributed by atoms with Crippen molar-refractivity contribution in [3.05, 3.63) is 41.3 Å². The van der Waals surface area contributed by atoms with Crippen LogP contribution in [0, 0.1) is 6.92 Å². The van der Waals surface area contributed by atoms with Crippen LogP contribution in [0.4, 0.5) is 0 Å². The Labute approximate surface area is 127 Å². The molecular weight excluding hydrogens is 260 g/mol. The molecule has 0 radical (unpaired) electrons. The van der Waals surface area contributed by atoms with Gasteiger partial charge >= 0.3 is 0 Å². The van der Waals surface area contributed by atoms with E-state index in [2.05, 4.69) is 69.1 Å². The van der Waals surface area contributed by atoms with Gasteiger partial charge in [-0.25, -0.2) is 9.67 Å². The van der Waals surface area contributed by atoms with Gasteiger partial charge in [0.2, 0.25) is 0 Å². The standard InChI is InChI=1S/C17H26N4/c1-12(2)15-9-10-21(20-15)16-8-7-14(13(3)19-16)11-18-17(4,5)6/h7-10,12,18H,11H2,1-6H3. The van der Waals surface area contributed by atoms with Crippen LogP contribution in [0.25, 0.3) is 5.82 Å². The van der Waals surface area contributed by atoms with Crippen molar-refractivity contribution >= 4 is 0 Å². The van der Waals surface area contributed by atoms with Crippen molar-refractivity contribution < 1.29 is 0 Å². The van der Waals surface area contributed by atoms with Crippen LogP contribution in [0.3, 0.4) is 0 Å². The molecule has 4 heteroatoms. The van der Waals surface area contributed by atoms with E-state index in [0.717, 1.165) is 23.8 Å². The number of pyridine rings is 1. The molecule has 114 valence electrons. The van der Waals surface area contributed by atoms with Gasteiger partial charge in [-0.15, -0.1) is 0 Å². The zero-order valence-electron chi connectivity index (χ0n) is 13.9. The van der Waals surface area contributed by atoms with E-state index in [1.165, 1.54) is 5.56 Å². The van der Waals surface area contributed by atoms with Gasteiger partial charge in [-0.2, -0.15) is 5.10 Å². The van der Waals surface area contributed by atoms with Gasteiger partial charge in [-0.1, -0.05) is 19.9 Å². The van der Waals surface area contributed by atoms with Crippen molar-refractivity contribution in [2.45, 2.75) is 59.5 Å². The molecule has 0 fully saturated rings. The number of rotatable bonds is 4. The molecule has 2 heterocycles. The Bertz CT molecular complexity index is 605. The van der Waals surface area contributed by atoms with Crippen LogP contribution in [-0.2, 0) is 6.54 Å². The highest BCUT2D eigenvalue weighted by atomic mass is 15.3. The molecule has 0 unspecified atom stereocenters. The number of aryl methyl sites for hydroxylation is 1. The first-order chi connectivity index (χ1) is 9.76. The summed E-state index contributed by atoms with van der Waals surface area (Å²) in [6.45, 7) is 13.7. The Morgan fingerprint density at radius 3 is 2.43 bits per heavy atom. The summed E-state index contributed by atoms with van der Waals surface area (Å²) in [5.41, 5.74) is 3.47. The highest BCUT2D eigenvalue weighted by Crippen LogP contribution is 2.15. The fourth-order valence-electron chi connectivity index (χ4n) is 2.03. The third-order valence-corrected chi connectivity index (χ3v) is 3.43. The highest BCUT2D eigenvalue weighted by molar-refractivity contribution is 5.30. The van der Waals surface area contributed by atoms with Crippen molar-refractivity contribution in [3.8, 4) is 5.82 Å². The lowest BCUT2D eigenvalue weighted by Gasteiger charge is -2.21. The summed E-state index contributed by atoms with van der Waals surface area (Å²) in [6, 6.07) is 6.22. The molecule has 0 aromatic carbocycles. The molecule has 21 heavy (non-hydrogen) atoms. The highest BCUT2D eigenvalue weighted by Gasteiger charge is 2.11. The van der Waals surface area contributed by atoms with Gasteiger partial charge in [-0.05, 0) is 51.3 Å². The van der Waals surface area contributed by atoms with Gasteiger partial charge < -0.3 is 5.32 Å². The average Bonchev–Trinajstić information content (AvgIpc) is 2.85. The van der Waals surface area contributed by atoms with Gasteiger partial charge in [0, 0.05) is 24.0 Å². The van der Waals surface area contributed by atoms with Gasteiger partial charge in [0.15, 0.2) is 5.82 Å². The van der Waals surface area contributed by atoms with E-state index < -0.39 is 0 Å². The predicted octanol–water partition coefficient (Wildman–Crippen LogP) is 3.59. The number of aromatic nitrogens is 3. The second kappa shape index (κ2) is 5.98. The molecule has 2 aromatic rings. The molecule has 0 bridgehead atoms. The van der Waals surface area contributed by atoms with E-state index in [0.29, 0.717) is 5.92 Å². The molecule has 0 aliphatic heterocycles. The molecule has 0 amide bonds. The quantitative estimate of drug-likeness (QED) is 0.934. The van der Waals surface area contributed by atoms with Crippen molar-refractivity contribution in [2.75, 3.05) is 0 Å². The average molecular weight is 286 g/mol. The molecule has 0 saturated heterocycles. The second-order valence-corrected chi connectivity index (χ2v) is 6.86. The molecule has 0 saturated carbocycles. The Kier molecular flexibility index (Phi) is 4.47. The molecule has 0 aliphatic rings. The summed E-state index contributed by atoms with van der Waals surface area (Å²) in [5.74, 6) is 1.31. The minimum absolute atomic E-state index is 0.110. The number of hydrogen-bond donors (Lipinski definition) is 1. The van der Waals surface area contributed by atoms with Crippen LogP contribution < -0.4 is 5.32 Å². The van der Waals surface area contributed by atoms with Crippen LogP contribution in [0.5, 0.6) is 0 Å². The summed E-state index contributed by atoms with van der Waals surface area (Å²) < 4.78 is 1.85. The van der Waals surface area contributed by atoms with Crippen LogP contribution in [-0.4, -0.2) is 20.3 Å². The summed E-state index contributed by atoms with van der Waals surface area (Å²) in [6.07, 6.45) is 1.98. The van der Waals surface area contributed by atoms with E-state index >= 15 is 0 Å². The minimum atomic E-state index is 0.110. The van der Waals surface area contributed by atoms with E-state index in [1.807, 2.05) is 16.9 Å². The first kappa shape index (κ1) is 15.7. The minimum Gasteiger partial charge on any atom is -0.308 e. The third-order valence-electron chi connectivity index (χ3n) is 3.43. The maximum Gasteiger partial charge on any atom is 0.153 e. The van der Waals surface area contributed by atoms with E-state index in [-0.39, 0.29) is 5.54 Å². The van der Waals surface area contributed by atoms with Crippen LogP contribution in [0.1, 0.15) is 57.5 Å². The van der Waals surface area contributed by atoms with Crippen molar-refractivity contribution in [2.24, 2.45) is 0 Å². The Morgan fingerprint density at radius 1 is 1.19 bits per heavy atom. The van der Waals surface area contributed by atoms with E-state index in [1.54, 1.807) is 0 Å². The Hall–Kier alpha value is -1.68. The lowest BCUT2D eigenvalue weighted by molar-refractivity contribution is 0.423.